The fourth-order valence-corrected chi connectivity index (χ4v) is 4.29. The predicted octanol–water partition coefficient (Wildman–Crippen LogP) is 2.44. The van der Waals surface area contributed by atoms with Gasteiger partial charge in [0.25, 0.3) is 0 Å². The van der Waals surface area contributed by atoms with E-state index in [-0.39, 0.29) is 11.8 Å². The van der Waals surface area contributed by atoms with Crippen molar-refractivity contribution in [3.8, 4) is 0 Å². The third-order valence-corrected chi connectivity index (χ3v) is 6.28. The molecule has 0 spiro atoms. The van der Waals surface area contributed by atoms with Crippen LogP contribution in [-0.4, -0.2) is 82.4 Å². The molecule has 2 amide bonds. The molecule has 1 fully saturated rings. The zero-order chi connectivity index (χ0) is 20.5. The Labute approximate surface area is 177 Å². The van der Waals surface area contributed by atoms with Gasteiger partial charge in [0.15, 0.2) is 0 Å². The molecule has 28 heavy (non-hydrogen) atoms. The number of hydrogen-bond donors (Lipinski definition) is 1. The fraction of sp³-hybridized carbons (Fsp3) is 0.550. The summed E-state index contributed by atoms with van der Waals surface area (Å²) in [5.41, 5.74) is 1.97. The van der Waals surface area contributed by atoms with Gasteiger partial charge >= 0.3 is 0 Å². The van der Waals surface area contributed by atoms with Crippen LogP contribution in [0, 0.1) is 6.92 Å². The lowest BCUT2D eigenvalue weighted by Gasteiger charge is -2.34. The maximum absolute atomic E-state index is 12.4. The summed E-state index contributed by atoms with van der Waals surface area (Å²) < 4.78 is 0.782. The summed E-state index contributed by atoms with van der Waals surface area (Å²) in [6.45, 7) is 10.9. The molecule has 1 aromatic rings. The highest BCUT2D eigenvalue weighted by molar-refractivity contribution is 8.23. The first-order chi connectivity index (χ1) is 13.4. The van der Waals surface area contributed by atoms with Crippen LogP contribution in [0.3, 0.4) is 0 Å². The Bertz CT molecular complexity index is 669. The van der Waals surface area contributed by atoms with Gasteiger partial charge in [0.05, 0.1) is 12.3 Å². The van der Waals surface area contributed by atoms with Crippen LogP contribution in [0.25, 0.3) is 0 Å². The highest BCUT2D eigenvalue weighted by Gasteiger charge is 2.23. The molecule has 0 atom stereocenters. The first-order valence-electron chi connectivity index (χ1n) is 9.71. The molecule has 0 radical (unpaired) electrons. The molecule has 0 aliphatic carbocycles. The number of benzene rings is 1. The van der Waals surface area contributed by atoms with E-state index >= 15 is 0 Å². The normalized spacial score (nSPS) is 14.6. The Balaban J connectivity index is 1.70. The van der Waals surface area contributed by atoms with Crippen molar-refractivity contribution in [3.05, 3.63) is 29.8 Å². The molecule has 2 rings (SSSR count). The van der Waals surface area contributed by atoms with E-state index in [1.54, 1.807) is 0 Å². The van der Waals surface area contributed by atoms with E-state index in [4.69, 9.17) is 12.2 Å². The number of nitrogens with zero attached hydrogens (tertiary/aromatic N) is 3. The van der Waals surface area contributed by atoms with Crippen LogP contribution in [-0.2, 0) is 9.59 Å². The lowest BCUT2D eigenvalue weighted by atomic mass is 10.2. The quantitative estimate of drug-likeness (QED) is 0.681. The number of piperazine rings is 1. The predicted molar refractivity (Wildman–Crippen MR) is 121 cm³/mol. The molecule has 0 unspecified atom stereocenters. The molecule has 0 aromatic heterocycles. The van der Waals surface area contributed by atoms with E-state index in [1.165, 1.54) is 11.8 Å². The van der Waals surface area contributed by atoms with Gasteiger partial charge in [-0.3, -0.25) is 14.5 Å². The van der Waals surface area contributed by atoms with Crippen molar-refractivity contribution in [2.45, 2.75) is 20.8 Å². The number of amides is 2. The second kappa shape index (κ2) is 11.4. The molecule has 1 aromatic carbocycles. The van der Waals surface area contributed by atoms with E-state index in [0.29, 0.717) is 38.5 Å². The van der Waals surface area contributed by atoms with Crippen LogP contribution >= 0.6 is 24.0 Å². The zero-order valence-electron chi connectivity index (χ0n) is 16.9. The molecule has 6 nitrogen and oxygen atoms in total. The van der Waals surface area contributed by atoms with Gasteiger partial charge < -0.3 is 15.1 Å². The van der Waals surface area contributed by atoms with Crippen molar-refractivity contribution in [2.24, 2.45) is 0 Å². The molecular weight excluding hydrogens is 392 g/mol. The van der Waals surface area contributed by atoms with Crippen molar-refractivity contribution in [1.82, 2.24) is 14.7 Å². The van der Waals surface area contributed by atoms with Gasteiger partial charge in [0, 0.05) is 45.0 Å². The molecule has 1 aliphatic heterocycles. The maximum atomic E-state index is 12.4. The highest BCUT2D eigenvalue weighted by atomic mass is 32.2. The lowest BCUT2D eigenvalue weighted by Crippen LogP contribution is -2.51. The first-order valence-corrected chi connectivity index (χ1v) is 11.1. The molecule has 0 bridgehead atoms. The SMILES string of the molecule is CCN(CC)C(=S)SCC(=O)N1CCN(CC(=O)Nc2ccc(C)cc2)CC1. The molecule has 8 heteroatoms. The minimum atomic E-state index is -0.0243. The lowest BCUT2D eigenvalue weighted by molar-refractivity contribution is -0.130. The molecule has 0 saturated carbocycles. The largest absolute Gasteiger partial charge is 0.358 e. The van der Waals surface area contributed by atoms with Crippen LogP contribution in [0.1, 0.15) is 19.4 Å². The minimum Gasteiger partial charge on any atom is -0.358 e. The van der Waals surface area contributed by atoms with Crippen LogP contribution in [0.15, 0.2) is 24.3 Å². The Kier molecular flexibility index (Phi) is 9.21. The van der Waals surface area contributed by atoms with Gasteiger partial charge in [-0.15, -0.1) is 0 Å². The number of aryl methyl sites for hydroxylation is 1. The Morgan fingerprint density at radius 2 is 1.71 bits per heavy atom. The number of anilines is 1. The molecule has 1 N–H and O–H groups in total. The number of carbonyl (C=O) groups excluding carboxylic acids is 2. The summed E-state index contributed by atoms with van der Waals surface area (Å²) in [5.74, 6) is 0.468. The molecule has 1 aliphatic rings. The number of rotatable bonds is 7. The number of thioether (sulfide) groups is 1. The van der Waals surface area contributed by atoms with E-state index in [2.05, 4.69) is 29.0 Å². The monoisotopic (exact) mass is 422 g/mol. The average Bonchev–Trinajstić information content (AvgIpc) is 2.69. The maximum Gasteiger partial charge on any atom is 0.238 e. The average molecular weight is 423 g/mol. The van der Waals surface area contributed by atoms with Gasteiger partial charge in [0.1, 0.15) is 4.32 Å². The fourth-order valence-electron chi connectivity index (χ4n) is 2.98. The summed E-state index contributed by atoms with van der Waals surface area (Å²) in [6.07, 6.45) is 0. The number of carbonyl (C=O) groups is 2. The Morgan fingerprint density at radius 1 is 1.11 bits per heavy atom. The van der Waals surface area contributed by atoms with Crippen molar-refractivity contribution in [3.63, 3.8) is 0 Å². The highest BCUT2D eigenvalue weighted by Crippen LogP contribution is 2.12. The van der Waals surface area contributed by atoms with E-state index < -0.39 is 0 Å². The van der Waals surface area contributed by atoms with Gasteiger partial charge in [-0.1, -0.05) is 41.7 Å². The minimum absolute atomic E-state index is 0.0243. The molecule has 1 heterocycles. The van der Waals surface area contributed by atoms with Crippen molar-refractivity contribution >= 4 is 45.8 Å². The van der Waals surface area contributed by atoms with Gasteiger partial charge in [-0.2, -0.15) is 0 Å². The molecular formula is C20H30N4O2S2. The standard InChI is InChI=1S/C20H30N4O2S2/c1-4-23(5-2)20(27)28-15-19(26)24-12-10-22(11-13-24)14-18(25)21-17-8-6-16(3)7-9-17/h6-9H,4-5,10-15H2,1-3H3,(H,21,25). The smallest absolute Gasteiger partial charge is 0.238 e. The van der Waals surface area contributed by atoms with E-state index in [1.807, 2.05) is 36.1 Å². The van der Waals surface area contributed by atoms with Crippen LogP contribution in [0.5, 0.6) is 0 Å². The van der Waals surface area contributed by atoms with Crippen LogP contribution in [0.2, 0.25) is 0 Å². The second-order valence-electron chi connectivity index (χ2n) is 6.80. The van der Waals surface area contributed by atoms with Crippen LogP contribution in [0.4, 0.5) is 5.69 Å². The van der Waals surface area contributed by atoms with E-state index in [0.717, 1.165) is 28.7 Å². The van der Waals surface area contributed by atoms with Crippen molar-refractivity contribution < 1.29 is 9.59 Å². The Hall–Kier alpha value is -1.64. The summed E-state index contributed by atoms with van der Waals surface area (Å²) in [6, 6.07) is 7.77. The zero-order valence-corrected chi connectivity index (χ0v) is 18.6. The molecule has 154 valence electrons. The van der Waals surface area contributed by atoms with E-state index in [9.17, 15) is 9.59 Å². The summed E-state index contributed by atoms with van der Waals surface area (Å²) in [7, 11) is 0. The van der Waals surface area contributed by atoms with Crippen molar-refractivity contribution in [1.29, 1.82) is 0 Å². The van der Waals surface area contributed by atoms with Gasteiger partial charge in [0.2, 0.25) is 11.8 Å². The second-order valence-corrected chi connectivity index (χ2v) is 8.41. The summed E-state index contributed by atoms with van der Waals surface area (Å²) in [5, 5.41) is 2.92. The Morgan fingerprint density at radius 3 is 2.29 bits per heavy atom. The first kappa shape index (κ1) is 22.6. The van der Waals surface area contributed by atoms with Crippen molar-refractivity contribution in [2.75, 3.05) is 56.9 Å². The third kappa shape index (κ3) is 7.07. The van der Waals surface area contributed by atoms with Gasteiger partial charge in [-0.25, -0.2) is 0 Å². The number of thiocarbonyl (C=S) groups is 1. The molecule has 1 saturated heterocycles. The third-order valence-electron chi connectivity index (χ3n) is 4.77. The van der Waals surface area contributed by atoms with Gasteiger partial charge in [-0.05, 0) is 32.9 Å². The van der Waals surface area contributed by atoms with Crippen LogP contribution < -0.4 is 5.32 Å². The number of hydrogen-bond acceptors (Lipinski definition) is 5. The number of nitrogens with one attached hydrogen (secondary N) is 1. The summed E-state index contributed by atoms with van der Waals surface area (Å²) >= 11 is 6.82. The topological polar surface area (TPSA) is 55.9 Å². The summed E-state index contributed by atoms with van der Waals surface area (Å²) in [4.78, 5) is 30.7.